The summed E-state index contributed by atoms with van der Waals surface area (Å²) in [6.07, 6.45) is 5.55. The number of likely N-dealkylation sites (tertiary alicyclic amines) is 1. The quantitative estimate of drug-likeness (QED) is 0.930. The van der Waals surface area contributed by atoms with Crippen molar-refractivity contribution >= 4 is 23.2 Å². The fraction of sp³-hybridized carbons (Fsp3) is 0.444. The van der Waals surface area contributed by atoms with E-state index in [0.29, 0.717) is 13.1 Å². The zero-order chi connectivity index (χ0) is 17.3. The van der Waals surface area contributed by atoms with Crippen LogP contribution in [0.25, 0.3) is 5.00 Å². The fourth-order valence-electron chi connectivity index (χ4n) is 3.12. The zero-order valence-electron chi connectivity index (χ0n) is 14.3. The van der Waals surface area contributed by atoms with E-state index in [1.165, 1.54) is 0 Å². The van der Waals surface area contributed by atoms with E-state index in [-0.39, 0.29) is 17.9 Å². The van der Waals surface area contributed by atoms with E-state index in [4.69, 9.17) is 0 Å². The Morgan fingerprint density at radius 3 is 2.38 bits per heavy atom. The van der Waals surface area contributed by atoms with Crippen LogP contribution in [-0.2, 0) is 4.79 Å². The highest BCUT2D eigenvalue weighted by molar-refractivity contribution is 7.15. The molecular formula is C18H23N3O2S. The maximum absolute atomic E-state index is 12.9. The Hall–Kier alpha value is -2.08. The van der Waals surface area contributed by atoms with Gasteiger partial charge in [-0.05, 0) is 44.4 Å². The highest BCUT2D eigenvalue weighted by atomic mass is 32.1. The lowest BCUT2D eigenvalue weighted by Gasteiger charge is -2.31. The van der Waals surface area contributed by atoms with Crippen molar-refractivity contribution in [2.45, 2.75) is 39.7 Å². The van der Waals surface area contributed by atoms with Crippen LogP contribution >= 0.6 is 11.3 Å². The second kappa shape index (κ2) is 6.81. The van der Waals surface area contributed by atoms with Crippen LogP contribution in [0.3, 0.4) is 0 Å². The summed E-state index contributed by atoms with van der Waals surface area (Å²) in [5.74, 6) is 0.0980. The van der Waals surface area contributed by atoms with E-state index in [9.17, 15) is 9.59 Å². The molecule has 6 heteroatoms. The van der Waals surface area contributed by atoms with Gasteiger partial charge in [0.2, 0.25) is 5.91 Å². The number of rotatable bonds is 3. The lowest BCUT2D eigenvalue weighted by Crippen LogP contribution is -2.46. The molecule has 24 heavy (non-hydrogen) atoms. The average Bonchev–Trinajstić information content (AvgIpc) is 3.17. The molecule has 5 nitrogen and oxygen atoms in total. The Labute approximate surface area is 146 Å². The van der Waals surface area contributed by atoms with Gasteiger partial charge in [-0.15, -0.1) is 11.3 Å². The minimum Gasteiger partial charge on any atom is -0.349 e. The number of thiophene rings is 1. The summed E-state index contributed by atoms with van der Waals surface area (Å²) in [7, 11) is 0. The van der Waals surface area contributed by atoms with E-state index in [1.54, 1.807) is 18.3 Å². The Balaban J connectivity index is 1.75. The van der Waals surface area contributed by atoms with Gasteiger partial charge in [0.25, 0.3) is 5.91 Å². The largest absolute Gasteiger partial charge is 0.349 e. The number of piperidine rings is 1. The van der Waals surface area contributed by atoms with Crippen molar-refractivity contribution in [3.05, 3.63) is 40.5 Å². The Morgan fingerprint density at radius 2 is 1.79 bits per heavy atom. The van der Waals surface area contributed by atoms with E-state index in [2.05, 4.69) is 12.2 Å². The molecule has 0 aromatic carbocycles. The van der Waals surface area contributed by atoms with E-state index < -0.39 is 0 Å². The molecule has 0 bridgehead atoms. The van der Waals surface area contributed by atoms with Crippen LogP contribution in [0.15, 0.2) is 24.5 Å². The maximum Gasteiger partial charge on any atom is 0.254 e. The number of hydrogen-bond donors (Lipinski definition) is 1. The molecule has 128 valence electrons. The van der Waals surface area contributed by atoms with Crippen molar-refractivity contribution < 1.29 is 9.59 Å². The number of hydrogen-bond acceptors (Lipinski definition) is 3. The topological polar surface area (TPSA) is 54.3 Å². The van der Waals surface area contributed by atoms with Crippen LogP contribution in [0.2, 0.25) is 0 Å². The summed E-state index contributed by atoms with van der Waals surface area (Å²) in [5.41, 5.74) is 1.81. The van der Waals surface area contributed by atoms with E-state index in [0.717, 1.165) is 33.8 Å². The molecule has 0 spiro atoms. The third-order valence-electron chi connectivity index (χ3n) is 4.71. The predicted molar refractivity (Wildman–Crippen MR) is 95.9 cm³/mol. The first-order valence-electron chi connectivity index (χ1n) is 8.27. The minimum atomic E-state index is -0.0122. The highest BCUT2D eigenvalue weighted by Gasteiger charge is 2.25. The molecule has 0 unspecified atom stereocenters. The van der Waals surface area contributed by atoms with Crippen LogP contribution in [0, 0.1) is 13.8 Å². The molecule has 1 aliphatic rings. The molecule has 1 N–H and O–H groups in total. The second-order valence-electron chi connectivity index (χ2n) is 6.31. The standard InChI is InChI=1S/C18H23N3O2S/c1-12-13(2)24-18(21-8-4-5-9-21)16(12)17(23)19-15-6-10-20(11-7-15)14(3)22/h4-5,8-9,15H,6-7,10-11H2,1-3H3,(H,19,23). The van der Waals surface area contributed by atoms with Crippen LogP contribution in [0.5, 0.6) is 0 Å². The Morgan fingerprint density at radius 1 is 1.17 bits per heavy atom. The molecule has 0 radical (unpaired) electrons. The molecule has 2 aromatic heterocycles. The average molecular weight is 345 g/mol. The second-order valence-corrected chi connectivity index (χ2v) is 7.51. The Kier molecular flexibility index (Phi) is 4.76. The number of amides is 2. The molecule has 0 atom stereocenters. The molecule has 2 aromatic rings. The van der Waals surface area contributed by atoms with Gasteiger partial charge in [0.1, 0.15) is 5.00 Å². The molecule has 2 amide bonds. The molecule has 1 aliphatic heterocycles. The number of aromatic nitrogens is 1. The van der Waals surface area contributed by atoms with Crippen molar-refractivity contribution in [3.8, 4) is 5.00 Å². The van der Waals surface area contributed by atoms with Crippen molar-refractivity contribution in [1.82, 2.24) is 14.8 Å². The highest BCUT2D eigenvalue weighted by Crippen LogP contribution is 2.31. The molecular weight excluding hydrogens is 322 g/mol. The molecule has 1 saturated heterocycles. The number of nitrogens with zero attached hydrogens (tertiary/aromatic N) is 2. The van der Waals surface area contributed by atoms with E-state index in [1.807, 2.05) is 40.9 Å². The normalized spacial score (nSPS) is 15.5. The first-order valence-corrected chi connectivity index (χ1v) is 9.08. The molecule has 3 heterocycles. The smallest absolute Gasteiger partial charge is 0.254 e. The van der Waals surface area contributed by atoms with Crippen LogP contribution in [0.4, 0.5) is 0 Å². The summed E-state index contributed by atoms with van der Waals surface area (Å²) in [6, 6.07) is 4.05. The van der Waals surface area contributed by atoms with Gasteiger partial charge in [-0.3, -0.25) is 9.59 Å². The van der Waals surface area contributed by atoms with Gasteiger partial charge < -0.3 is 14.8 Å². The van der Waals surface area contributed by atoms with Crippen LogP contribution in [0.1, 0.15) is 40.6 Å². The first-order chi connectivity index (χ1) is 11.5. The SMILES string of the molecule is CC(=O)N1CCC(NC(=O)c2c(-n3cccc3)sc(C)c2C)CC1. The van der Waals surface area contributed by atoms with Gasteiger partial charge in [0, 0.05) is 43.3 Å². The summed E-state index contributed by atoms with van der Waals surface area (Å²) >= 11 is 1.64. The van der Waals surface area contributed by atoms with Crippen LogP contribution in [-0.4, -0.2) is 40.4 Å². The lowest BCUT2D eigenvalue weighted by molar-refractivity contribution is -0.129. The number of aryl methyl sites for hydroxylation is 1. The van der Waals surface area contributed by atoms with Crippen molar-refractivity contribution in [1.29, 1.82) is 0 Å². The van der Waals surface area contributed by atoms with Gasteiger partial charge in [-0.2, -0.15) is 0 Å². The lowest BCUT2D eigenvalue weighted by atomic mass is 10.0. The molecule has 0 aliphatic carbocycles. The molecule has 3 rings (SSSR count). The summed E-state index contributed by atoms with van der Waals surface area (Å²) in [4.78, 5) is 27.3. The summed E-state index contributed by atoms with van der Waals surface area (Å²) in [5, 5.41) is 4.13. The molecule has 1 fully saturated rings. The number of carbonyl (C=O) groups excluding carboxylic acids is 2. The van der Waals surface area contributed by atoms with Crippen molar-refractivity contribution in [2.24, 2.45) is 0 Å². The van der Waals surface area contributed by atoms with Crippen LogP contribution < -0.4 is 5.32 Å². The van der Waals surface area contributed by atoms with Gasteiger partial charge in [-0.1, -0.05) is 0 Å². The third-order valence-corrected chi connectivity index (χ3v) is 5.93. The van der Waals surface area contributed by atoms with Gasteiger partial charge in [-0.25, -0.2) is 0 Å². The van der Waals surface area contributed by atoms with Gasteiger partial charge >= 0.3 is 0 Å². The number of nitrogens with one attached hydrogen (secondary N) is 1. The Bertz CT molecular complexity index is 741. The maximum atomic E-state index is 12.9. The monoisotopic (exact) mass is 345 g/mol. The summed E-state index contributed by atoms with van der Waals surface area (Å²) in [6.45, 7) is 7.08. The predicted octanol–water partition coefficient (Wildman–Crippen LogP) is 2.90. The van der Waals surface area contributed by atoms with Crippen molar-refractivity contribution in [2.75, 3.05) is 13.1 Å². The minimum absolute atomic E-state index is 0.0122. The first kappa shape index (κ1) is 16.8. The summed E-state index contributed by atoms with van der Waals surface area (Å²) < 4.78 is 2.00. The van der Waals surface area contributed by atoms with Gasteiger partial charge in [0.15, 0.2) is 0 Å². The zero-order valence-corrected chi connectivity index (χ0v) is 15.2. The van der Waals surface area contributed by atoms with Gasteiger partial charge in [0.05, 0.1) is 5.56 Å². The van der Waals surface area contributed by atoms with Crippen molar-refractivity contribution in [3.63, 3.8) is 0 Å². The van der Waals surface area contributed by atoms with E-state index >= 15 is 0 Å². The number of carbonyl (C=O) groups is 2. The fourth-order valence-corrected chi connectivity index (χ4v) is 4.24. The third kappa shape index (κ3) is 3.24. The molecule has 0 saturated carbocycles.